The average Bonchev–Trinajstić information content (AvgIpc) is 3.22. The van der Waals surface area contributed by atoms with Crippen LogP contribution in [-0.2, 0) is 22.5 Å². The Kier molecular flexibility index (Phi) is 9.91. The number of carbonyl (C=O) groups excluding carboxylic acids is 2. The summed E-state index contributed by atoms with van der Waals surface area (Å²) in [6.07, 6.45) is 2.95. The van der Waals surface area contributed by atoms with Crippen LogP contribution >= 0.6 is 0 Å². The molecule has 212 valence electrons. The number of unbranched alkanes of at least 4 members (excludes halogenated alkanes) is 1. The van der Waals surface area contributed by atoms with Crippen molar-refractivity contribution < 1.29 is 14.3 Å². The number of nitrogens with zero attached hydrogens (tertiary/aromatic N) is 3. The number of nitrogen functional groups attached to an aromatic ring is 1. The monoisotopic (exact) mass is 539 g/mol. The van der Waals surface area contributed by atoms with Gasteiger partial charge in [-0.2, -0.15) is 0 Å². The number of aryl methyl sites for hydroxylation is 1. The quantitative estimate of drug-likeness (QED) is 0.115. The highest BCUT2D eigenvalue weighted by Crippen LogP contribution is 2.29. The molecule has 0 fully saturated rings. The fourth-order valence-corrected chi connectivity index (χ4v) is 4.33. The first-order chi connectivity index (χ1) is 18.5. The van der Waals surface area contributed by atoms with Gasteiger partial charge in [0.2, 0.25) is 5.91 Å². The minimum absolute atomic E-state index is 0.147. The van der Waals surface area contributed by atoms with Crippen LogP contribution in [0.5, 0.6) is 0 Å². The molecular weight excluding hydrogens is 498 g/mol. The molecule has 0 aliphatic carbocycles. The lowest BCUT2D eigenvalue weighted by atomic mass is 10.1. The van der Waals surface area contributed by atoms with Crippen molar-refractivity contribution in [2.45, 2.75) is 78.0 Å². The summed E-state index contributed by atoms with van der Waals surface area (Å²) in [6.45, 7) is 8.60. The molecule has 2 amide bonds. The number of rotatable bonds is 12. The molecule has 0 aliphatic rings. The molecule has 0 saturated heterocycles. The van der Waals surface area contributed by atoms with Gasteiger partial charge >= 0.3 is 6.09 Å². The van der Waals surface area contributed by atoms with Gasteiger partial charge in [0.1, 0.15) is 23.0 Å². The minimum Gasteiger partial charge on any atom is -0.444 e. The first-order valence-electron chi connectivity index (χ1n) is 13.4. The van der Waals surface area contributed by atoms with Gasteiger partial charge in [-0.1, -0.05) is 31.5 Å². The highest BCUT2D eigenvalue weighted by molar-refractivity contribution is 6.06. The number of fused-ring (bicyclic) bond motifs is 3. The van der Waals surface area contributed by atoms with Crippen LogP contribution in [0.15, 0.2) is 24.3 Å². The van der Waals surface area contributed by atoms with Crippen molar-refractivity contribution in [2.75, 3.05) is 18.8 Å². The maximum Gasteiger partial charge on any atom is 0.408 e. The van der Waals surface area contributed by atoms with Crippen LogP contribution in [0.4, 0.5) is 10.6 Å². The number of anilines is 1. The summed E-state index contributed by atoms with van der Waals surface area (Å²) in [5, 5.41) is 16.6. The van der Waals surface area contributed by atoms with Gasteiger partial charge in [-0.25, -0.2) is 14.8 Å². The maximum atomic E-state index is 13.2. The van der Waals surface area contributed by atoms with Crippen molar-refractivity contribution in [1.82, 2.24) is 30.5 Å². The van der Waals surface area contributed by atoms with Crippen LogP contribution in [0.25, 0.3) is 21.9 Å². The van der Waals surface area contributed by atoms with E-state index in [-0.39, 0.29) is 11.9 Å². The Morgan fingerprint density at radius 1 is 1.13 bits per heavy atom. The van der Waals surface area contributed by atoms with Crippen molar-refractivity contribution in [3.63, 3.8) is 0 Å². The Balaban J connectivity index is 1.78. The number of benzene rings is 1. The number of nitrogens with two attached hydrogens (primary N) is 2. The predicted molar refractivity (Wildman–Crippen MR) is 153 cm³/mol. The Labute approximate surface area is 228 Å². The number of aromatic nitrogens is 3. The van der Waals surface area contributed by atoms with Crippen molar-refractivity contribution in [2.24, 2.45) is 5.73 Å². The molecule has 12 heteroatoms. The first-order valence-corrected chi connectivity index (χ1v) is 13.4. The van der Waals surface area contributed by atoms with Gasteiger partial charge in [0.05, 0.1) is 11.0 Å². The minimum atomic E-state index is -0.812. The Morgan fingerprint density at radius 2 is 1.87 bits per heavy atom. The molecule has 0 aliphatic heterocycles. The first kappa shape index (κ1) is 29.5. The molecule has 3 rings (SSSR count). The molecule has 0 spiro atoms. The molecular formula is C27H41N9O3. The third-order valence-corrected chi connectivity index (χ3v) is 6.07. The zero-order valence-electron chi connectivity index (χ0n) is 23.3. The van der Waals surface area contributed by atoms with E-state index in [1.165, 1.54) is 0 Å². The summed E-state index contributed by atoms with van der Waals surface area (Å²) in [5.74, 6) is 0.801. The van der Waals surface area contributed by atoms with Gasteiger partial charge in [-0.15, -0.1) is 0 Å². The van der Waals surface area contributed by atoms with Crippen molar-refractivity contribution in [3.05, 3.63) is 30.1 Å². The number of nitrogens with one attached hydrogen (secondary N) is 4. The average molecular weight is 540 g/mol. The van der Waals surface area contributed by atoms with Gasteiger partial charge in [0.15, 0.2) is 11.8 Å². The number of pyridine rings is 1. The number of hydrogen-bond acceptors (Lipinski definition) is 7. The van der Waals surface area contributed by atoms with Crippen LogP contribution in [0, 0.1) is 5.41 Å². The maximum absolute atomic E-state index is 13.2. The Hall–Kier alpha value is -4.09. The molecule has 2 aromatic heterocycles. The molecule has 0 bridgehead atoms. The fraction of sp³-hybridized carbons (Fsp3) is 0.519. The molecule has 12 nitrogen and oxygen atoms in total. The Bertz CT molecular complexity index is 1310. The molecule has 0 unspecified atom stereocenters. The molecule has 8 N–H and O–H groups in total. The summed E-state index contributed by atoms with van der Waals surface area (Å²) < 4.78 is 7.46. The molecule has 0 saturated carbocycles. The second-order valence-electron chi connectivity index (χ2n) is 10.5. The van der Waals surface area contributed by atoms with E-state index in [4.69, 9.17) is 26.6 Å². The van der Waals surface area contributed by atoms with Gasteiger partial charge in [0, 0.05) is 31.4 Å². The van der Waals surface area contributed by atoms with E-state index >= 15 is 0 Å². The largest absolute Gasteiger partial charge is 0.444 e. The van der Waals surface area contributed by atoms with Gasteiger partial charge in [0.25, 0.3) is 0 Å². The molecule has 3 aromatic rings. The van der Waals surface area contributed by atoms with E-state index in [0.29, 0.717) is 43.8 Å². The van der Waals surface area contributed by atoms with Gasteiger partial charge in [-0.05, 0) is 46.1 Å². The van der Waals surface area contributed by atoms with Crippen LogP contribution < -0.4 is 27.4 Å². The van der Waals surface area contributed by atoms with E-state index in [2.05, 4.69) is 32.4 Å². The highest BCUT2D eigenvalue weighted by atomic mass is 16.6. The molecule has 39 heavy (non-hydrogen) atoms. The lowest BCUT2D eigenvalue weighted by Gasteiger charge is -2.23. The number of carbonyl (C=O) groups is 2. The summed E-state index contributed by atoms with van der Waals surface area (Å²) in [6, 6.07) is 6.99. The number of hydrogen-bond donors (Lipinski definition) is 6. The standard InChI is InChI=1S/C27H41N9O3/c1-5-6-13-20-35-21-22(17-10-7-8-11-18(17)33-23(21)28)36(20)16-15-31-24(37)19(12-9-14-32-25(29)30)34-26(38)39-27(2,3)4/h7-8,10-11,19H,5-6,9,12-16H2,1-4H3,(H2,28,33)(H,31,37)(H,34,38)(H4,29,30,32)/t19-/m0/s1. The smallest absolute Gasteiger partial charge is 0.408 e. The molecule has 0 radical (unpaired) electrons. The zero-order valence-corrected chi connectivity index (χ0v) is 23.3. The third kappa shape index (κ3) is 8.20. The van der Waals surface area contributed by atoms with Crippen molar-refractivity contribution in [3.8, 4) is 0 Å². The summed E-state index contributed by atoms with van der Waals surface area (Å²) in [7, 11) is 0. The molecule has 1 aromatic carbocycles. The van der Waals surface area contributed by atoms with E-state index in [1.54, 1.807) is 20.8 Å². The van der Waals surface area contributed by atoms with Gasteiger partial charge in [-0.3, -0.25) is 10.2 Å². The van der Waals surface area contributed by atoms with E-state index in [0.717, 1.165) is 41.5 Å². The summed E-state index contributed by atoms with van der Waals surface area (Å²) in [5.41, 5.74) is 13.3. The Morgan fingerprint density at radius 3 is 2.56 bits per heavy atom. The number of alkyl carbamates (subject to hydrolysis) is 1. The van der Waals surface area contributed by atoms with Crippen LogP contribution in [0.3, 0.4) is 0 Å². The van der Waals surface area contributed by atoms with Crippen molar-refractivity contribution in [1.29, 1.82) is 5.41 Å². The number of imidazole rings is 1. The van der Waals surface area contributed by atoms with Gasteiger partial charge < -0.3 is 36.7 Å². The SMILES string of the molecule is CCCCc1nc2c(N)nc3ccccc3c2n1CCNC(=O)[C@H](CCCNC(=N)N)NC(=O)OC(C)(C)C. The van der Waals surface area contributed by atoms with Crippen molar-refractivity contribution >= 4 is 45.7 Å². The fourth-order valence-electron chi connectivity index (χ4n) is 4.33. The summed E-state index contributed by atoms with van der Waals surface area (Å²) >= 11 is 0. The lowest BCUT2D eigenvalue weighted by molar-refractivity contribution is -0.123. The lowest BCUT2D eigenvalue weighted by Crippen LogP contribution is -2.49. The topological polar surface area (TPSA) is 186 Å². The molecule has 1 atom stereocenters. The summed E-state index contributed by atoms with van der Waals surface area (Å²) in [4.78, 5) is 34.9. The zero-order chi connectivity index (χ0) is 28.6. The normalized spacial score (nSPS) is 12.3. The number of ether oxygens (including phenoxy) is 1. The second kappa shape index (κ2) is 13.1. The number of amides is 2. The van der Waals surface area contributed by atoms with Crippen LogP contribution in [0.1, 0.15) is 59.2 Å². The van der Waals surface area contributed by atoms with E-state index in [1.807, 2.05) is 24.3 Å². The van der Waals surface area contributed by atoms with E-state index < -0.39 is 17.7 Å². The number of para-hydroxylation sites is 1. The highest BCUT2D eigenvalue weighted by Gasteiger charge is 2.24. The predicted octanol–water partition coefficient (Wildman–Crippen LogP) is 2.78. The van der Waals surface area contributed by atoms with Crippen LogP contribution in [-0.4, -0.2) is 57.2 Å². The third-order valence-electron chi connectivity index (χ3n) is 6.07. The number of guanidine groups is 1. The second-order valence-corrected chi connectivity index (χ2v) is 10.5. The van der Waals surface area contributed by atoms with E-state index in [9.17, 15) is 9.59 Å². The van der Waals surface area contributed by atoms with Crippen LogP contribution in [0.2, 0.25) is 0 Å². The molecule has 2 heterocycles.